The van der Waals surface area contributed by atoms with Crippen molar-refractivity contribution >= 4 is 50.9 Å². The van der Waals surface area contributed by atoms with Crippen molar-refractivity contribution in [1.82, 2.24) is 9.97 Å². The second-order valence-electron chi connectivity index (χ2n) is 3.28. The molecule has 0 radical (unpaired) electrons. The number of halogens is 3. The van der Waals surface area contributed by atoms with Crippen LogP contribution in [0.4, 0.5) is 5.82 Å². The van der Waals surface area contributed by atoms with Gasteiger partial charge in [-0.15, -0.1) is 0 Å². The van der Waals surface area contributed by atoms with Gasteiger partial charge in [-0.25, -0.2) is 4.98 Å². The third kappa shape index (κ3) is 2.98. The average Bonchev–Trinajstić information content (AvgIpc) is 2.32. The fourth-order valence-corrected chi connectivity index (χ4v) is 1.99. The predicted molar refractivity (Wildman–Crippen MR) is 74.1 cm³/mol. The van der Waals surface area contributed by atoms with E-state index in [0.29, 0.717) is 15.1 Å². The molecule has 0 aliphatic rings. The fraction of sp³-hybridized carbons (Fsp3) is 0. The Morgan fingerprint density at radius 3 is 2.78 bits per heavy atom. The molecule has 1 heterocycles. The molecule has 0 fully saturated rings. The van der Waals surface area contributed by atoms with Crippen LogP contribution >= 0.6 is 39.1 Å². The lowest BCUT2D eigenvalue weighted by molar-refractivity contribution is 0.102. The summed E-state index contributed by atoms with van der Waals surface area (Å²) in [4.78, 5) is 19.7. The van der Waals surface area contributed by atoms with E-state index in [0.717, 1.165) is 0 Å². The van der Waals surface area contributed by atoms with E-state index in [4.69, 9.17) is 23.2 Å². The van der Waals surface area contributed by atoms with Gasteiger partial charge in [0, 0.05) is 4.47 Å². The van der Waals surface area contributed by atoms with Gasteiger partial charge in [0.25, 0.3) is 5.91 Å². The first kappa shape index (κ1) is 13.3. The molecule has 1 aromatic heterocycles. The number of benzene rings is 1. The van der Waals surface area contributed by atoms with Crippen molar-refractivity contribution < 1.29 is 4.79 Å². The molecular weight excluding hydrogens is 341 g/mol. The zero-order valence-electron chi connectivity index (χ0n) is 8.82. The Morgan fingerprint density at radius 2 is 2.06 bits per heavy atom. The molecule has 7 heteroatoms. The third-order valence-corrected chi connectivity index (χ3v) is 3.52. The summed E-state index contributed by atoms with van der Waals surface area (Å²) in [6.45, 7) is 0. The average molecular weight is 347 g/mol. The zero-order valence-corrected chi connectivity index (χ0v) is 11.9. The van der Waals surface area contributed by atoms with E-state index >= 15 is 0 Å². The second-order valence-corrected chi connectivity index (χ2v) is 4.90. The molecule has 0 saturated heterocycles. The van der Waals surface area contributed by atoms with Gasteiger partial charge in [0.2, 0.25) is 0 Å². The monoisotopic (exact) mass is 345 g/mol. The molecule has 0 bridgehead atoms. The van der Waals surface area contributed by atoms with Gasteiger partial charge in [-0.1, -0.05) is 29.3 Å². The van der Waals surface area contributed by atoms with Crippen LogP contribution in [0, 0.1) is 0 Å². The lowest BCUT2D eigenvalue weighted by atomic mass is 10.2. The van der Waals surface area contributed by atoms with E-state index < -0.39 is 0 Å². The quantitative estimate of drug-likeness (QED) is 0.899. The predicted octanol–water partition coefficient (Wildman–Crippen LogP) is 3.80. The Labute approximate surface area is 121 Å². The summed E-state index contributed by atoms with van der Waals surface area (Å²) >= 11 is 14.9. The van der Waals surface area contributed by atoms with Gasteiger partial charge in [-0.05, 0) is 28.1 Å². The molecule has 92 valence electrons. The van der Waals surface area contributed by atoms with Crippen LogP contribution in [0.15, 0.2) is 35.1 Å². The van der Waals surface area contributed by atoms with Crippen molar-refractivity contribution in [3.8, 4) is 0 Å². The Kier molecular flexibility index (Phi) is 4.16. The molecule has 2 aromatic rings. The molecule has 0 aliphatic heterocycles. The topological polar surface area (TPSA) is 54.9 Å². The zero-order chi connectivity index (χ0) is 13.1. The number of amides is 1. The van der Waals surface area contributed by atoms with Crippen molar-refractivity contribution in [2.75, 3.05) is 5.32 Å². The number of nitrogens with zero attached hydrogens (tertiary/aromatic N) is 2. The molecule has 0 unspecified atom stereocenters. The number of carbonyl (C=O) groups is 1. The van der Waals surface area contributed by atoms with Crippen molar-refractivity contribution in [3.63, 3.8) is 0 Å². The van der Waals surface area contributed by atoms with Gasteiger partial charge in [-0.2, -0.15) is 0 Å². The minimum Gasteiger partial charge on any atom is -0.305 e. The minimum atomic E-state index is -0.377. The second kappa shape index (κ2) is 5.65. The Morgan fingerprint density at radius 1 is 1.28 bits per heavy atom. The van der Waals surface area contributed by atoms with E-state index in [9.17, 15) is 4.79 Å². The van der Waals surface area contributed by atoms with Crippen molar-refractivity contribution in [1.29, 1.82) is 0 Å². The number of nitrogens with one attached hydrogen (secondary N) is 1. The maximum Gasteiger partial charge on any atom is 0.258 e. The maximum absolute atomic E-state index is 12.0. The van der Waals surface area contributed by atoms with E-state index in [2.05, 4.69) is 31.2 Å². The molecule has 0 saturated carbocycles. The number of anilines is 1. The van der Waals surface area contributed by atoms with Gasteiger partial charge in [0.05, 0.1) is 23.0 Å². The van der Waals surface area contributed by atoms with Gasteiger partial charge >= 0.3 is 0 Å². The van der Waals surface area contributed by atoms with Crippen LogP contribution in [0.25, 0.3) is 0 Å². The Balaban J connectivity index is 2.25. The highest BCUT2D eigenvalue weighted by Crippen LogP contribution is 2.26. The molecule has 0 atom stereocenters. The first-order chi connectivity index (χ1) is 8.58. The molecule has 1 aromatic carbocycles. The maximum atomic E-state index is 12.0. The summed E-state index contributed by atoms with van der Waals surface area (Å²) in [6.07, 6.45) is 2.78. The van der Waals surface area contributed by atoms with Crippen LogP contribution in [0.1, 0.15) is 10.4 Å². The van der Waals surface area contributed by atoms with Gasteiger partial charge in [0.15, 0.2) is 5.82 Å². The highest BCUT2D eigenvalue weighted by Gasteiger charge is 2.13. The molecular formula is C11H6BrCl2N3O. The number of rotatable bonds is 2. The fourth-order valence-electron chi connectivity index (χ4n) is 1.27. The molecule has 2 rings (SSSR count). The standard InChI is InChI=1S/C11H6BrCl2N3O/c12-7-3-1-2-6(10(7)14)11(18)17-9-5-15-4-8(13)16-9/h1-5H,(H,16,17,18). The Bertz CT molecular complexity index is 607. The molecule has 18 heavy (non-hydrogen) atoms. The first-order valence-corrected chi connectivity index (χ1v) is 6.35. The van der Waals surface area contributed by atoms with Crippen LogP contribution in [0.5, 0.6) is 0 Å². The summed E-state index contributed by atoms with van der Waals surface area (Å²) in [7, 11) is 0. The third-order valence-electron chi connectivity index (χ3n) is 2.04. The summed E-state index contributed by atoms with van der Waals surface area (Å²) < 4.78 is 0.647. The number of carbonyl (C=O) groups excluding carboxylic acids is 1. The van der Waals surface area contributed by atoms with E-state index in [1.54, 1.807) is 18.2 Å². The number of hydrogen-bond acceptors (Lipinski definition) is 3. The van der Waals surface area contributed by atoms with Crippen LogP contribution in [0.2, 0.25) is 10.2 Å². The minimum absolute atomic E-state index is 0.202. The smallest absolute Gasteiger partial charge is 0.258 e. The molecule has 1 amide bonds. The van der Waals surface area contributed by atoms with E-state index in [1.165, 1.54) is 12.4 Å². The summed E-state index contributed by atoms with van der Waals surface area (Å²) in [5, 5.41) is 3.10. The molecule has 1 N–H and O–H groups in total. The van der Waals surface area contributed by atoms with Crippen molar-refractivity contribution in [2.45, 2.75) is 0 Å². The normalized spacial score (nSPS) is 10.2. The van der Waals surface area contributed by atoms with E-state index in [1.807, 2.05) is 0 Å². The molecule has 0 spiro atoms. The molecule has 4 nitrogen and oxygen atoms in total. The lowest BCUT2D eigenvalue weighted by Crippen LogP contribution is -2.13. The van der Waals surface area contributed by atoms with Crippen LogP contribution in [0.3, 0.4) is 0 Å². The largest absolute Gasteiger partial charge is 0.305 e. The number of hydrogen-bond donors (Lipinski definition) is 1. The Hall–Kier alpha value is -1.17. The highest BCUT2D eigenvalue weighted by molar-refractivity contribution is 9.10. The van der Waals surface area contributed by atoms with Gasteiger partial charge in [-0.3, -0.25) is 9.78 Å². The lowest BCUT2D eigenvalue weighted by Gasteiger charge is -2.06. The van der Waals surface area contributed by atoms with Crippen LogP contribution < -0.4 is 5.32 Å². The van der Waals surface area contributed by atoms with E-state index in [-0.39, 0.29) is 16.9 Å². The first-order valence-electron chi connectivity index (χ1n) is 4.81. The van der Waals surface area contributed by atoms with Crippen molar-refractivity contribution in [2.24, 2.45) is 0 Å². The summed E-state index contributed by atoms with van der Waals surface area (Å²) in [6, 6.07) is 5.08. The number of aromatic nitrogens is 2. The molecule has 0 aliphatic carbocycles. The van der Waals surface area contributed by atoms with Crippen LogP contribution in [-0.2, 0) is 0 Å². The highest BCUT2D eigenvalue weighted by atomic mass is 79.9. The van der Waals surface area contributed by atoms with Gasteiger partial charge < -0.3 is 5.32 Å². The summed E-state index contributed by atoms with van der Waals surface area (Å²) in [5.41, 5.74) is 0.341. The summed E-state index contributed by atoms with van der Waals surface area (Å²) in [5.74, 6) is -0.110. The van der Waals surface area contributed by atoms with Gasteiger partial charge in [0.1, 0.15) is 5.15 Å². The van der Waals surface area contributed by atoms with Crippen molar-refractivity contribution in [3.05, 3.63) is 50.8 Å². The van der Waals surface area contributed by atoms with Crippen LogP contribution in [-0.4, -0.2) is 15.9 Å². The SMILES string of the molecule is O=C(Nc1cncc(Cl)n1)c1cccc(Br)c1Cl.